The summed E-state index contributed by atoms with van der Waals surface area (Å²) in [5.74, 6) is -4.03. The number of ether oxygens (including phenoxy) is 2. The molecule has 0 spiro atoms. The van der Waals surface area contributed by atoms with Crippen LogP contribution in [0.15, 0.2) is 12.1 Å². The minimum absolute atomic E-state index is 0.0213. The van der Waals surface area contributed by atoms with Crippen molar-refractivity contribution in [3.05, 3.63) is 17.7 Å². The first-order valence-electron chi connectivity index (χ1n) is 9.49. The number of ketones is 2. The minimum Gasteiger partial charge on any atom is -0.507 e. The predicted octanol–water partition coefficient (Wildman–Crippen LogP) is 2.02. The number of benzene rings is 1. The van der Waals surface area contributed by atoms with Gasteiger partial charge in [0.2, 0.25) is 11.6 Å². The van der Waals surface area contributed by atoms with Crippen molar-refractivity contribution in [2.45, 2.75) is 52.0 Å². The molecule has 1 aliphatic heterocycles. The number of hydrogen-bond acceptors (Lipinski definition) is 8. The summed E-state index contributed by atoms with van der Waals surface area (Å²) in [4.78, 5) is 36.6. The molecule has 2 rings (SSSR count). The number of carbonyl (C=O) groups is 3. The van der Waals surface area contributed by atoms with Gasteiger partial charge in [-0.3, -0.25) is 9.59 Å². The van der Waals surface area contributed by atoms with Gasteiger partial charge in [-0.1, -0.05) is 6.92 Å². The van der Waals surface area contributed by atoms with Crippen LogP contribution in [-0.2, 0) is 14.3 Å². The fourth-order valence-electron chi connectivity index (χ4n) is 2.95. The number of aliphatic hydroxyl groups excluding tert-OH is 1. The van der Waals surface area contributed by atoms with Crippen LogP contribution >= 0.6 is 0 Å². The Morgan fingerprint density at radius 3 is 2.59 bits per heavy atom. The lowest BCUT2D eigenvalue weighted by Crippen LogP contribution is -2.39. The highest BCUT2D eigenvalue weighted by molar-refractivity contribution is 6.39. The maximum Gasteiger partial charge on any atom is 0.346 e. The maximum atomic E-state index is 14.3. The molecule has 3 N–H and O–H groups in total. The van der Waals surface area contributed by atoms with Crippen molar-refractivity contribution in [1.82, 2.24) is 0 Å². The van der Waals surface area contributed by atoms with E-state index in [1.54, 1.807) is 6.92 Å². The molecule has 8 nitrogen and oxygen atoms in total. The zero-order valence-electron chi connectivity index (χ0n) is 16.6. The second-order valence-corrected chi connectivity index (χ2v) is 7.07. The number of esters is 1. The van der Waals surface area contributed by atoms with E-state index in [4.69, 9.17) is 9.47 Å². The van der Waals surface area contributed by atoms with Gasteiger partial charge in [-0.25, -0.2) is 9.18 Å². The maximum absolute atomic E-state index is 14.3. The molecule has 1 aromatic carbocycles. The third kappa shape index (κ3) is 5.44. The molecule has 0 saturated heterocycles. The lowest BCUT2D eigenvalue weighted by Gasteiger charge is -2.24. The highest BCUT2D eigenvalue weighted by Gasteiger charge is 2.34. The summed E-state index contributed by atoms with van der Waals surface area (Å²) in [7, 11) is 0. The number of cyclic esters (lactones) is 1. The predicted molar refractivity (Wildman–Crippen MR) is 102 cm³/mol. The Morgan fingerprint density at radius 2 is 1.93 bits per heavy atom. The van der Waals surface area contributed by atoms with Gasteiger partial charge in [-0.2, -0.15) is 0 Å². The van der Waals surface area contributed by atoms with Crippen molar-refractivity contribution in [1.29, 1.82) is 0 Å². The third-order valence-corrected chi connectivity index (χ3v) is 4.83. The number of aliphatic hydroxyl groups is 1. The molecule has 0 aromatic heterocycles. The van der Waals surface area contributed by atoms with E-state index in [0.29, 0.717) is 12.2 Å². The normalized spacial score (nSPS) is 26.7. The molecular weight excluding hydrogens is 385 g/mol. The smallest absolute Gasteiger partial charge is 0.346 e. The minimum atomic E-state index is -2.08. The molecule has 2 unspecified atom stereocenters. The lowest BCUT2D eigenvalue weighted by molar-refractivity contribution is -0.144. The Balaban J connectivity index is 2.41. The summed E-state index contributed by atoms with van der Waals surface area (Å²) >= 11 is 0. The number of rotatable bonds is 2. The van der Waals surface area contributed by atoms with Crippen LogP contribution in [0, 0.1) is 5.92 Å². The molecule has 1 aromatic rings. The van der Waals surface area contributed by atoms with Gasteiger partial charge in [-0.05, 0) is 26.2 Å². The van der Waals surface area contributed by atoms with Gasteiger partial charge in [0.05, 0.1) is 6.61 Å². The van der Waals surface area contributed by atoms with Crippen LogP contribution in [0.5, 0.6) is 11.5 Å². The number of phenolic OH excluding ortho intramolecular Hbond substituents is 1. The van der Waals surface area contributed by atoms with Gasteiger partial charge in [-0.15, -0.1) is 0 Å². The van der Waals surface area contributed by atoms with Crippen molar-refractivity contribution in [3.63, 3.8) is 0 Å². The molecule has 4 atom stereocenters. The van der Waals surface area contributed by atoms with Crippen LogP contribution in [0.4, 0.5) is 10.1 Å². The molecule has 0 radical (unpaired) electrons. The van der Waals surface area contributed by atoms with Crippen LogP contribution in [0.25, 0.3) is 0 Å². The Morgan fingerprint density at radius 1 is 1.24 bits per heavy atom. The molecule has 0 saturated carbocycles. The number of fused-ring (bicyclic) bond motifs is 1. The van der Waals surface area contributed by atoms with E-state index in [1.165, 1.54) is 19.1 Å². The van der Waals surface area contributed by atoms with Crippen LogP contribution in [0.3, 0.4) is 0 Å². The average Bonchev–Trinajstić information content (AvgIpc) is 2.65. The summed E-state index contributed by atoms with van der Waals surface area (Å²) in [5.41, 5.74) is 0.260. The Kier molecular flexibility index (Phi) is 7.55. The molecular formula is C20H26FNO7. The largest absolute Gasteiger partial charge is 0.507 e. The van der Waals surface area contributed by atoms with E-state index in [0.717, 1.165) is 0 Å². The summed E-state index contributed by atoms with van der Waals surface area (Å²) in [5, 5.41) is 23.1. The van der Waals surface area contributed by atoms with Crippen molar-refractivity contribution in [3.8, 4) is 11.5 Å². The SMILES string of the molecule is CCNc1cc(O)c2c(c1)OCCC(=O)C(=O)C(O)C(F)C[C@H](C)[C@H](C)OC2=O. The first-order valence-corrected chi connectivity index (χ1v) is 9.49. The van der Waals surface area contributed by atoms with Crippen molar-refractivity contribution in [2.24, 2.45) is 5.92 Å². The van der Waals surface area contributed by atoms with Crippen LogP contribution < -0.4 is 10.1 Å². The molecule has 160 valence electrons. The van der Waals surface area contributed by atoms with Gasteiger partial charge < -0.3 is 25.0 Å². The molecule has 0 fully saturated rings. The van der Waals surface area contributed by atoms with Crippen LogP contribution in [0.1, 0.15) is 44.0 Å². The van der Waals surface area contributed by atoms with Crippen LogP contribution in [0.2, 0.25) is 0 Å². The molecule has 1 aliphatic rings. The lowest BCUT2D eigenvalue weighted by atomic mass is 9.94. The fraction of sp³-hybridized carbons (Fsp3) is 0.550. The van der Waals surface area contributed by atoms with E-state index in [-0.39, 0.29) is 30.1 Å². The van der Waals surface area contributed by atoms with Crippen molar-refractivity contribution < 1.29 is 38.5 Å². The van der Waals surface area contributed by atoms with Gasteiger partial charge >= 0.3 is 5.97 Å². The molecule has 1 heterocycles. The molecule has 0 amide bonds. The zero-order chi connectivity index (χ0) is 21.7. The second-order valence-electron chi connectivity index (χ2n) is 7.07. The Labute approximate surface area is 168 Å². The number of carbonyl (C=O) groups excluding carboxylic acids is 3. The van der Waals surface area contributed by atoms with Gasteiger partial charge in [0.15, 0.2) is 6.10 Å². The van der Waals surface area contributed by atoms with Crippen LogP contribution in [-0.4, -0.2) is 59.3 Å². The highest BCUT2D eigenvalue weighted by atomic mass is 19.1. The third-order valence-electron chi connectivity index (χ3n) is 4.83. The van der Waals surface area contributed by atoms with Gasteiger partial charge in [0, 0.05) is 30.8 Å². The molecule has 29 heavy (non-hydrogen) atoms. The summed E-state index contributed by atoms with van der Waals surface area (Å²) in [6.45, 7) is 5.20. The summed E-state index contributed by atoms with van der Waals surface area (Å²) < 4.78 is 25.1. The monoisotopic (exact) mass is 411 g/mol. The van der Waals surface area contributed by atoms with Gasteiger partial charge in [0.1, 0.15) is 29.3 Å². The first-order chi connectivity index (χ1) is 13.6. The summed E-state index contributed by atoms with van der Waals surface area (Å²) in [6.07, 6.45) is -5.55. The first kappa shape index (κ1) is 22.6. The number of hydrogen-bond donors (Lipinski definition) is 3. The number of Topliss-reactive ketones (excluding diaryl/α,β-unsaturated/α-hetero) is 2. The number of phenols is 1. The average molecular weight is 411 g/mol. The number of anilines is 1. The van der Waals surface area contributed by atoms with E-state index in [2.05, 4.69) is 5.32 Å². The molecule has 9 heteroatoms. The summed E-state index contributed by atoms with van der Waals surface area (Å²) in [6, 6.07) is 2.81. The fourth-order valence-corrected chi connectivity index (χ4v) is 2.95. The van der Waals surface area contributed by atoms with E-state index in [9.17, 15) is 29.0 Å². The zero-order valence-corrected chi connectivity index (χ0v) is 16.6. The van der Waals surface area contributed by atoms with Crippen molar-refractivity contribution >= 4 is 23.2 Å². The highest BCUT2D eigenvalue weighted by Crippen LogP contribution is 2.34. The quantitative estimate of drug-likeness (QED) is 0.499. The number of aromatic hydroxyl groups is 1. The number of nitrogens with one attached hydrogen (secondary N) is 1. The Hall–Kier alpha value is -2.68. The van der Waals surface area contributed by atoms with Gasteiger partial charge in [0.25, 0.3) is 0 Å². The topological polar surface area (TPSA) is 122 Å². The number of halogens is 1. The van der Waals surface area contributed by atoms with E-state index in [1.807, 2.05) is 6.92 Å². The van der Waals surface area contributed by atoms with Crippen molar-refractivity contribution in [2.75, 3.05) is 18.5 Å². The molecule has 0 aliphatic carbocycles. The van der Waals surface area contributed by atoms with E-state index >= 15 is 0 Å². The standard InChI is InChI=1S/C20H26FNO7/c1-4-22-12-8-15(24)17-16(9-12)28-6-5-14(23)19(26)18(25)13(21)7-10(2)11(3)29-20(17)27/h8-11,13,18,22,24-25H,4-7H2,1-3H3/t10-,11-,13?,18?/m0/s1. The Bertz CT molecular complexity index is 782. The number of alkyl halides is 1. The molecule has 0 bridgehead atoms. The van der Waals surface area contributed by atoms with E-state index < -0.39 is 48.3 Å². The second kappa shape index (κ2) is 9.69.